The molecule has 0 radical (unpaired) electrons. The van der Waals surface area contributed by atoms with E-state index < -0.39 is 8.32 Å². The lowest BCUT2D eigenvalue weighted by atomic mass is 9.97. The monoisotopic (exact) mass is 286 g/mol. The molecule has 0 aromatic carbocycles. The summed E-state index contributed by atoms with van der Waals surface area (Å²) < 4.78 is 5.46. The van der Waals surface area contributed by atoms with Crippen molar-refractivity contribution in [1.82, 2.24) is 0 Å². The van der Waals surface area contributed by atoms with Crippen molar-refractivity contribution in [3.8, 4) is 0 Å². The molecule has 0 heterocycles. The molecule has 3 heteroatoms. The number of rotatable bonds is 11. The van der Waals surface area contributed by atoms with E-state index in [-0.39, 0.29) is 5.97 Å². The Kier molecular flexibility index (Phi) is 10.3. The van der Waals surface area contributed by atoms with Gasteiger partial charge in [-0.3, -0.25) is 4.79 Å². The Morgan fingerprint density at radius 3 is 2.16 bits per heavy atom. The Hall–Kier alpha value is -0.313. The summed E-state index contributed by atoms with van der Waals surface area (Å²) in [6, 6.07) is 0. The Bertz CT molecular complexity index is 233. The molecular weight excluding hydrogens is 252 g/mol. The van der Waals surface area contributed by atoms with Gasteiger partial charge in [0.05, 0.1) is 0 Å². The topological polar surface area (TPSA) is 26.3 Å². The summed E-state index contributed by atoms with van der Waals surface area (Å²) in [6.07, 6.45) is 10.9. The van der Waals surface area contributed by atoms with Crippen molar-refractivity contribution in [3.63, 3.8) is 0 Å². The normalized spacial score (nSPS) is 13.3. The van der Waals surface area contributed by atoms with Crippen LogP contribution in [0.1, 0.15) is 71.6 Å². The summed E-state index contributed by atoms with van der Waals surface area (Å²) in [6.45, 7) is 10.7. The number of hydrogen-bond acceptors (Lipinski definition) is 2. The predicted octanol–water partition coefficient (Wildman–Crippen LogP) is 5.53. The van der Waals surface area contributed by atoms with Gasteiger partial charge in [-0.05, 0) is 32.0 Å². The highest BCUT2D eigenvalue weighted by molar-refractivity contribution is 6.71. The largest absolute Gasteiger partial charge is 0.520 e. The van der Waals surface area contributed by atoms with Crippen LogP contribution < -0.4 is 0 Å². The zero-order valence-electron chi connectivity index (χ0n) is 13.8. The molecule has 114 valence electrons. The molecule has 0 aliphatic heterocycles. The van der Waals surface area contributed by atoms with E-state index >= 15 is 0 Å². The van der Waals surface area contributed by atoms with Gasteiger partial charge in [0.25, 0.3) is 5.97 Å². The fourth-order valence-corrected chi connectivity index (χ4v) is 2.96. The van der Waals surface area contributed by atoms with E-state index in [4.69, 9.17) is 4.43 Å². The molecule has 0 bridgehead atoms. The molecule has 0 aliphatic carbocycles. The van der Waals surface area contributed by atoms with Crippen LogP contribution in [0.4, 0.5) is 0 Å². The summed E-state index contributed by atoms with van der Waals surface area (Å²) in [4.78, 5) is 11.6. The molecule has 0 aliphatic rings. The highest BCUT2D eigenvalue weighted by Gasteiger charge is 2.19. The van der Waals surface area contributed by atoms with Crippen molar-refractivity contribution < 1.29 is 9.22 Å². The van der Waals surface area contributed by atoms with Gasteiger partial charge < -0.3 is 4.43 Å². The first-order chi connectivity index (χ1) is 8.85. The van der Waals surface area contributed by atoms with Gasteiger partial charge in [0.15, 0.2) is 0 Å². The highest BCUT2D eigenvalue weighted by atomic mass is 28.4. The molecule has 2 nitrogen and oxygen atoms in total. The second-order valence-corrected chi connectivity index (χ2v) is 11.2. The lowest BCUT2D eigenvalue weighted by Gasteiger charge is -2.18. The van der Waals surface area contributed by atoms with Crippen LogP contribution in [0, 0.1) is 5.92 Å². The Morgan fingerprint density at radius 2 is 1.58 bits per heavy atom. The maximum atomic E-state index is 11.6. The molecule has 0 aromatic heterocycles. The predicted molar refractivity (Wildman–Crippen MR) is 85.8 cm³/mol. The summed E-state index contributed by atoms with van der Waals surface area (Å²) >= 11 is 0. The standard InChI is InChI=1S/C16H34O2Si/c1-6-7-8-9-10-11-12-15(2)13-14-16(17)18-19(3,4)5/h15H,6-14H2,1-5H3. The highest BCUT2D eigenvalue weighted by Crippen LogP contribution is 2.17. The third-order valence-corrected chi connectivity index (χ3v) is 4.15. The molecule has 0 saturated heterocycles. The lowest BCUT2D eigenvalue weighted by molar-refractivity contribution is -0.135. The van der Waals surface area contributed by atoms with Crippen LogP contribution in [0.5, 0.6) is 0 Å². The van der Waals surface area contributed by atoms with Crippen LogP contribution in [-0.4, -0.2) is 14.3 Å². The first-order valence-corrected chi connectivity index (χ1v) is 11.5. The van der Waals surface area contributed by atoms with Crippen molar-refractivity contribution in [2.75, 3.05) is 0 Å². The van der Waals surface area contributed by atoms with Crippen LogP contribution >= 0.6 is 0 Å². The molecule has 0 amide bonds. The second kappa shape index (κ2) is 10.5. The van der Waals surface area contributed by atoms with Gasteiger partial charge in [-0.1, -0.05) is 58.8 Å². The minimum absolute atomic E-state index is 0.00830. The minimum Gasteiger partial charge on any atom is -0.520 e. The van der Waals surface area contributed by atoms with Crippen LogP contribution in [0.3, 0.4) is 0 Å². The lowest BCUT2D eigenvalue weighted by Crippen LogP contribution is -2.29. The van der Waals surface area contributed by atoms with Gasteiger partial charge in [-0.25, -0.2) is 0 Å². The summed E-state index contributed by atoms with van der Waals surface area (Å²) in [5.74, 6) is 0.661. The summed E-state index contributed by atoms with van der Waals surface area (Å²) in [5, 5.41) is 0. The Labute approximate surface area is 121 Å². The zero-order valence-corrected chi connectivity index (χ0v) is 14.8. The zero-order chi connectivity index (χ0) is 14.7. The van der Waals surface area contributed by atoms with E-state index in [0.29, 0.717) is 12.3 Å². The molecule has 0 rings (SSSR count). The fraction of sp³-hybridized carbons (Fsp3) is 0.938. The van der Waals surface area contributed by atoms with Crippen LogP contribution in [-0.2, 0) is 9.22 Å². The molecule has 1 atom stereocenters. The first-order valence-electron chi connectivity index (χ1n) is 8.07. The average molecular weight is 287 g/mol. The van der Waals surface area contributed by atoms with Gasteiger partial charge in [0, 0.05) is 6.42 Å². The third-order valence-electron chi connectivity index (χ3n) is 3.31. The summed E-state index contributed by atoms with van der Waals surface area (Å²) in [5.41, 5.74) is 0. The van der Waals surface area contributed by atoms with E-state index in [0.717, 1.165) is 6.42 Å². The maximum absolute atomic E-state index is 11.6. The van der Waals surface area contributed by atoms with Crippen molar-refractivity contribution in [2.45, 2.75) is 91.3 Å². The Morgan fingerprint density at radius 1 is 1.00 bits per heavy atom. The summed E-state index contributed by atoms with van der Waals surface area (Å²) in [7, 11) is -1.69. The smallest absolute Gasteiger partial charge is 0.292 e. The van der Waals surface area contributed by atoms with E-state index in [1.807, 2.05) is 0 Å². The fourth-order valence-electron chi connectivity index (χ4n) is 2.17. The van der Waals surface area contributed by atoms with Gasteiger partial charge in [0.1, 0.15) is 0 Å². The SMILES string of the molecule is CCCCCCCCC(C)CCC(=O)O[Si](C)(C)C. The van der Waals surface area contributed by atoms with E-state index in [9.17, 15) is 4.79 Å². The van der Waals surface area contributed by atoms with Crippen molar-refractivity contribution in [3.05, 3.63) is 0 Å². The van der Waals surface area contributed by atoms with E-state index in [1.54, 1.807) is 0 Å². The van der Waals surface area contributed by atoms with Crippen molar-refractivity contribution in [2.24, 2.45) is 5.92 Å². The quantitative estimate of drug-likeness (QED) is 0.368. The van der Waals surface area contributed by atoms with Crippen LogP contribution in [0.25, 0.3) is 0 Å². The van der Waals surface area contributed by atoms with Gasteiger partial charge in [0.2, 0.25) is 8.32 Å². The molecule has 0 saturated carbocycles. The van der Waals surface area contributed by atoms with Crippen LogP contribution in [0.2, 0.25) is 19.6 Å². The van der Waals surface area contributed by atoms with Gasteiger partial charge >= 0.3 is 0 Å². The first kappa shape index (κ1) is 18.7. The number of unbranched alkanes of at least 4 members (excludes halogenated alkanes) is 5. The second-order valence-electron chi connectivity index (χ2n) is 6.79. The van der Waals surface area contributed by atoms with Crippen molar-refractivity contribution >= 4 is 14.3 Å². The Balaban J connectivity index is 3.48. The van der Waals surface area contributed by atoms with E-state index in [1.165, 1.54) is 44.9 Å². The molecule has 0 N–H and O–H groups in total. The molecular formula is C16H34O2Si. The van der Waals surface area contributed by atoms with Gasteiger partial charge in [-0.2, -0.15) is 0 Å². The van der Waals surface area contributed by atoms with Gasteiger partial charge in [-0.15, -0.1) is 0 Å². The molecule has 19 heavy (non-hydrogen) atoms. The average Bonchev–Trinajstić information content (AvgIpc) is 2.29. The molecule has 0 fully saturated rings. The number of hydrogen-bond donors (Lipinski definition) is 0. The van der Waals surface area contributed by atoms with Crippen LogP contribution in [0.15, 0.2) is 0 Å². The molecule has 0 spiro atoms. The number of carbonyl (C=O) groups excluding carboxylic acids is 1. The molecule has 0 aromatic rings. The minimum atomic E-state index is -1.69. The third kappa shape index (κ3) is 13.9. The maximum Gasteiger partial charge on any atom is 0.292 e. The molecule has 1 unspecified atom stereocenters. The number of carbonyl (C=O) groups is 1. The van der Waals surface area contributed by atoms with Crippen molar-refractivity contribution in [1.29, 1.82) is 0 Å². The van der Waals surface area contributed by atoms with E-state index in [2.05, 4.69) is 33.5 Å².